The van der Waals surface area contributed by atoms with Crippen molar-refractivity contribution in [2.24, 2.45) is 0 Å². The molecule has 1 N–H and O–H groups in total. The first-order chi connectivity index (χ1) is 13.0. The molecule has 3 heterocycles. The number of fused-ring (bicyclic) bond motifs is 2. The summed E-state index contributed by atoms with van der Waals surface area (Å²) in [4.78, 5) is 17.4. The van der Waals surface area contributed by atoms with E-state index in [4.69, 9.17) is 4.74 Å². The summed E-state index contributed by atoms with van der Waals surface area (Å²) in [6.07, 6.45) is 1.35. The molecule has 2 aliphatic heterocycles. The molecule has 2 aromatic rings. The maximum Gasteiger partial charge on any atom is 0.410 e. The highest BCUT2D eigenvalue weighted by atomic mass is 19.1. The van der Waals surface area contributed by atoms with Crippen molar-refractivity contribution in [3.05, 3.63) is 65.5 Å². The normalized spacial score (nSPS) is 26.9. The molecule has 1 amide bonds. The zero-order valence-electron chi connectivity index (χ0n) is 14.6. The van der Waals surface area contributed by atoms with E-state index in [2.05, 4.69) is 4.98 Å². The predicted octanol–water partition coefficient (Wildman–Crippen LogP) is 3.51. The molecule has 1 aromatic heterocycles. The van der Waals surface area contributed by atoms with Crippen molar-refractivity contribution in [2.45, 2.75) is 50.0 Å². The molecule has 142 valence electrons. The molecule has 27 heavy (non-hydrogen) atoms. The molecule has 2 bridgehead atoms. The lowest BCUT2D eigenvalue weighted by molar-refractivity contribution is -0.0561. The fraction of sp³-hybridized carbons (Fsp3) is 0.400. The summed E-state index contributed by atoms with van der Waals surface area (Å²) in [6.45, 7) is 0.177. The number of benzene rings is 1. The number of carbonyl (C=O) groups is 1. The molecule has 1 aromatic carbocycles. The van der Waals surface area contributed by atoms with Gasteiger partial charge < -0.3 is 14.7 Å². The van der Waals surface area contributed by atoms with Crippen molar-refractivity contribution in [1.82, 2.24) is 9.88 Å². The first-order valence-electron chi connectivity index (χ1n) is 9.00. The van der Waals surface area contributed by atoms with Gasteiger partial charge in [-0.25, -0.2) is 4.79 Å². The highest BCUT2D eigenvalue weighted by Gasteiger charge is 2.51. The van der Waals surface area contributed by atoms with Gasteiger partial charge in [0.1, 0.15) is 6.61 Å². The van der Waals surface area contributed by atoms with Crippen LogP contribution in [-0.4, -0.2) is 33.2 Å². The number of hydrogen-bond acceptors (Lipinski definition) is 4. The van der Waals surface area contributed by atoms with Crippen molar-refractivity contribution in [2.75, 3.05) is 0 Å². The van der Waals surface area contributed by atoms with E-state index in [0.29, 0.717) is 12.8 Å². The smallest absolute Gasteiger partial charge is 0.410 e. The van der Waals surface area contributed by atoms with Gasteiger partial charge in [0.25, 0.3) is 0 Å². The number of aromatic nitrogens is 1. The Balaban J connectivity index is 1.47. The zero-order valence-corrected chi connectivity index (χ0v) is 14.6. The summed E-state index contributed by atoms with van der Waals surface area (Å²) in [5.74, 6) is -1.93. The summed E-state index contributed by atoms with van der Waals surface area (Å²) in [5, 5.41) is 11.0. The van der Waals surface area contributed by atoms with Gasteiger partial charge in [-0.15, -0.1) is 0 Å². The Morgan fingerprint density at radius 3 is 2.44 bits per heavy atom. The van der Waals surface area contributed by atoms with Gasteiger partial charge in [0.2, 0.25) is 11.9 Å². The molecule has 4 rings (SSSR count). The maximum atomic E-state index is 14.1. The maximum absolute atomic E-state index is 14.1. The van der Waals surface area contributed by atoms with Crippen LogP contribution in [0.25, 0.3) is 0 Å². The monoisotopic (exact) mass is 374 g/mol. The second-order valence-corrected chi connectivity index (χ2v) is 7.24. The summed E-state index contributed by atoms with van der Waals surface area (Å²) in [6, 6.07) is 11.2. The van der Waals surface area contributed by atoms with Crippen LogP contribution in [0.5, 0.6) is 0 Å². The molecular formula is C20H20F2N2O3. The van der Waals surface area contributed by atoms with E-state index in [1.165, 1.54) is 6.07 Å². The summed E-state index contributed by atoms with van der Waals surface area (Å²) in [7, 11) is 0. The lowest BCUT2D eigenvalue weighted by Crippen LogP contribution is -2.52. The average Bonchev–Trinajstić information content (AvgIpc) is 2.92. The molecule has 7 heteroatoms. The lowest BCUT2D eigenvalue weighted by Gasteiger charge is -2.43. The van der Waals surface area contributed by atoms with Gasteiger partial charge in [-0.2, -0.15) is 13.8 Å². The Labute approximate surface area is 155 Å². The van der Waals surface area contributed by atoms with E-state index in [-0.39, 0.29) is 37.1 Å². The van der Waals surface area contributed by atoms with Crippen LogP contribution < -0.4 is 0 Å². The zero-order chi connectivity index (χ0) is 19.0. The van der Waals surface area contributed by atoms with Crippen LogP contribution in [0.4, 0.5) is 13.6 Å². The van der Waals surface area contributed by atoms with Crippen LogP contribution in [0.15, 0.2) is 42.5 Å². The summed E-state index contributed by atoms with van der Waals surface area (Å²) >= 11 is 0. The molecule has 2 saturated heterocycles. The first kappa shape index (κ1) is 17.9. The molecule has 5 nitrogen and oxygen atoms in total. The fourth-order valence-electron chi connectivity index (χ4n) is 4.30. The Hall–Kier alpha value is -2.54. The quantitative estimate of drug-likeness (QED) is 0.835. The second kappa shape index (κ2) is 6.88. The standard InChI is InChI=1S/C20H20F2N2O3/c21-17-9-8-16(18(22)23-17)20(26)10-14-6-7-15(11-20)24(14)19(25)27-12-13-4-2-1-3-5-13/h1-5,8-9,14-15,26H,6-7,10-12H2. The van der Waals surface area contributed by atoms with Gasteiger partial charge >= 0.3 is 6.09 Å². The number of carbonyl (C=O) groups excluding carboxylic acids is 1. The van der Waals surface area contributed by atoms with Crippen LogP contribution in [-0.2, 0) is 16.9 Å². The Morgan fingerprint density at radius 1 is 1.15 bits per heavy atom. The number of hydrogen-bond donors (Lipinski definition) is 1. The number of piperidine rings is 1. The molecule has 0 saturated carbocycles. The molecule has 2 fully saturated rings. The van der Waals surface area contributed by atoms with Crippen LogP contribution in [0.3, 0.4) is 0 Å². The largest absolute Gasteiger partial charge is 0.445 e. The lowest BCUT2D eigenvalue weighted by atomic mass is 9.81. The Morgan fingerprint density at radius 2 is 1.81 bits per heavy atom. The van der Waals surface area contributed by atoms with Crippen LogP contribution in [0.1, 0.15) is 36.8 Å². The highest BCUT2D eigenvalue weighted by Crippen LogP contribution is 2.46. The van der Waals surface area contributed by atoms with Crippen molar-refractivity contribution in [3.8, 4) is 0 Å². The van der Waals surface area contributed by atoms with E-state index in [9.17, 15) is 18.7 Å². The first-order valence-corrected chi connectivity index (χ1v) is 9.00. The molecule has 0 radical (unpaired) electrons. The van der Waals surface area contributed by atoms with E-state index in [1.807, 2.05) is 30.3 Å². The third kappa shape index (κ3) is 3.39. The van der Waals surface area contributed by atoms with Crippen molar-refractivity contribution < 1.29 is 23.4 Å². The Kier molecular flexibility index (Phi) is 4.55. The molecule has 2 atom stereocenters. The predicted molar refractivity (Wildman–Crippen MR) is 92.6 cm³/mol. The van der Waals surface area contributed by atoms with E-state index >= 15 is 0 Å². The van der Waals surface area contributed by atoms with Gasteiger partial charge in [0.05, 0.1) is 5.60 Å². The van der Waals surface area contributed by atoms with Crippen LogP contribution >= 0.6 is 0 Å². The van der Waals surface area contributed by atoms with Gasteiger partial charge in [0.15, 0.2) is 0 Å². The second-order valence-electron chi connectivity index (χ2n) is 7.24. The van der Waals surface area contributed by atoms with Crippen LogP contribution in [0, 0.1) is 11.9 Å². The van der Waals surface area contributed by atoms with Gasteiger partial charge in [-0.1, -0.05) is 30.3 Å². The number of nitrogens with zero attached hydrogens (tertiary/aromatic N) is 2. The number of halogens is 2. The number of amides is 1. The number of ether oxygens (including phenoxy) is 1. The minimum Gasteiger partial charge on any atom is -0.445 e. The number of pyridine rings is 1. The fourth-order valence-corrected chi connectivity index (χ4v) is 4.30. The number of aliphatic hydroxyl groups is 1. The third-order valence-electron chi connectivity index (χ3n) is 5.50. The van der Waals surface area contributed by atoms with Gasteiger partial charge in [-0.05, 0) is 30.5 Å². The van der Waals surface area contributed by atoms with E-state index in [1.54, 1.807) is 4.90 Å². The van der Waals surface area contributed by atoms with Crippen molar-refractivity contribution in [3.63, 3.8) is 0 Å². The third-order valence-corrected chi connectivity index (χ3v) is 5.50. The topological polar surface area (TPSA) is 62.7 Å². The van der Waals surface area contributed by atoms with Crippen molar-refractivity contribution in [1.29, 1.82) is 0 Å². The minimum absolute atomic E-state index is 0.0156. The minimum atomic E-state index is -1.47. The number of rotatable bonds is 3. The summed E-state index contributed by atoms with van der Waals surface area (Å²) < 4.78 is 32.6. The average molecular weight is 374 g/mol. The SMILES string of the molecule is O=C(OCc1ccccc1)N1C2CCC1CC(O)(c1ccc(F)nc1F)C2. The molecule has 0 aliphatic carbocycles. The van der Waals surface area contributed by atoms with Gasteiger partial charge in [-0.3, -0.25) is 0 Å². The molecule has 0 spiro atoms. The molecule has 2 aliphatic rings. The van der Waals surface area contributed by atoms with E-state index < -0.39 is 23.6 Å². The van der Waals surface area contributed by atoms with Crippen LogP contribution in [0.2, 0.25) is 0 Å². The van der Waals surface area contributed by atoms with Gasteiger partial charge in [0, 0.05) is 30.5 Å². The molecular weight excluding hydrogens is 354 g/mol. The summed E-state index contributed by atoms with van der Waals surface area (Å²) in [5.41, 5.74) is -0.586. The molecule has 2 unspecified atom stereocenters. The van der Waals surface area contributed by atoms with Crippen molar-refractivity contribution >= 4 is 6.09 Å². The van der Waals surface area contributed by atoms with E-state index in [0.717, 1.165) is 11.6 Å². The highest BCUT2D eigenvalue weighted by molar-refractivity contribution is 5.69. The Bertz CT molecular complexity index is 832.